The summed E-state index contributed by atoms with van der Waals surface area (Å²) in [6.45, 7) is 0.860. The molecule has 0 atom stereocenters. The summed E-state index contributed by atoms with van der Waals surface area (Å²) in [5.41, 5.74) is 1.11. The fourth-order valence-corrected chi connectivity index (χ4v) is 3.59. The number of carbonyl (C=O) groups is 1. The van der Waals surface area contributed by atoms with Crippen LogP contribution in [0.4, 0.5) is 5.69 Å². The molecule has 0 unspecified atom stereocenters. The number of anilines is 1. The zero-order valence-electron chi connectivity index (χ0n) is 10.3. The van der Waals surface area contributed by atoms with Crippen LogP contribution in [0.1, 0.15) is 19.3 Å². The summed E-state index contributed by atoms with van der Waals surface area (Å²) in [6, 6.07) is 8.28. The van der Waals surface area contributed by atoms with E-state index in [1.807, 2.05) is 22.7 Å². The minimum absolute atomic E-state index is 0.168. The molecule has 0 N–H and O–H groups in total. The van der Waals surface area contributed by atoms with Crippen molar-refractivity contribution in [2.75, 3.05) is 17.2 Å². The maximum Gasteiger partial charge on any atom is 0.230 e. The highest BCUT2D eigenvalue weighted by atomic mass is 32.2. The standard InChI is InChI=1S/C15H17NOS/c17-15(12-6-1-2-7-12)16-10-5-11-18-14-9-4-3-8-13(14)16/h1-4,8-9,12H,5-7,10-11H2. The van der Waals surface area contributed by atoms with Crippen molar-refractivity contribution >= 4 is 23.4 Å². The number of carbonyl (C=O) groups excluding carboxylic acids is 1. The van der Waals surface area contributed by atoms with Gasteiger partial charge >= 0.3 is 0 Å². The van der Waals surface area contributed by atoms with Crippen LogP contribution in [0.15, 0.2) is 41.3 Å². The summed E-state index contributed by atoms with van der Waals surface area (Å²) in [7, 11) is 0. The van der Waals surface area contributed by atoms with Gasteiger partial charge in [-0.05, 0) is 37.1 Å². The fraction of sp³-hybridized carbons (Fsp3) is 0.400. The largest absolute Gasteiger partial charge is 0.311 e. The average Bonchev–Trinajstić information content (AvgIpc) is 2.85. The Morgan fingerprint density at radius 2 is 2.00 bits per heavy atom. The highest BCUT2D eigenvalue weighted by molar-refractivity contribution is 7.99. The molecule has 1 amide bonds. The molecule has 1 aliphatic carbocycles. The minimum atomic E-state index is 0.168. The third-order valence-corrected chi connectivity index (χ3v) is 4.71. The van der Waals surface area contributed by atoms with Crippen molar-refractivity contribution in [1.82, 2.24) is 0 Å². The van der Waals surface area contributed by atoms with Crippen LogP contribution in [0.25, 0.3) is 0 Å². The second-order valence-corrected chi connectivity index (χ2v) is 5.94. The zero-order chi connectivity index (χ0) is 12.4. The van der Waals surface area contributed by atoms with Gasteiger partial charge in [-0.3, -0.25) is 4.79 Å². The van der Waals surface area contributed by atoms with Crippen molar-refractivity contribution in [3.63, 3.8) is 0 Å². The Kier molecular flexibility index (Phi) is 3.41. The molecule has 18 heavy (non-hydrogen) atoms. The maximum atomic E-state index is 12.6. The van der Waals surface area contributed by atoms with E-state index in [-0.39, 0.29) is 5.92 Å². The van der Waals surface area contributed by atoms with Crippen molar-refractivity contribution < 1.29 is 4.79 Å². The highest BCUT2D eigenvalue weighted by Crippen LogP contribution is 2.35. The number of hydrogen-bond donors (Lipinski definition) is 0. The number of rotatable bonds is 1. The van der Waals surface area contributed by atoms with Crippen LogP contribution in [0.3, 0.4) is 0 Å². The molecule has 3 rings (SSSR count). The summed E-state index contributed by atoms with van der Waals surface area (Å²) in [5.74, 6) is 1.57. The second-order valence-electron chi connectivity index (χ2n) is 4.80. The number of para-hydroxylation sites is 1. The number of thioether (sulfide) groups is 1. The molecule has 1 aromatic carbocycles. The van der Waals surface area contributed by atoms with E-state index >= 15 is 0 Å². The normalized spacial score (nSPS) is 19.7. The Hall–Kier alpha value is -1.22. The summed E-state index contributed by atoms with van der Waals surface area (Å²) in [6.07, 6.45) is 7.14. The number of allylic oxidation sites excluding steroid dienone is 2. The number of nitrogens with zero attached hydrogens (tertiary/aromatic N) is 1. The van der Waals surface area contributed by atoms with Gasteiger partial charge in [0, 0.05) is 17.4 Å². The van der Waals surface area contributed by atoms with Crippen molar-refractivity contribution in [3.8, 4) is 0 Å². The summed E-state index contributed by atoms with van der Waals surface area (Å²) >= 11 is 1.86. The molecule has 0 aromatic heterocycles. The van der Waals surface area contributed by atoms with E-state index < -0.39 is 0 Å². The molecule has 0 saturated heterocycles. The number of amides is 1. The molecule has 1 heterocycles. The van der Waals surface area contributed by atoms with Crippen molar-refractivity contribution in [1.29, 1.82) is 0 Å². The van der Waals surface area contributed by atoms with Gasteiger partial charge in [0.1, 0.15) is 0 Å². The van der Waals surface area contributed by atoms with Crippen LogP contribution >= 0.6 is 11.8 Å². The monoisotopic (exact) mass is 259 g/mol. The Labute approximate surface area is 112 Å². The highest BCUT2D eigenvalue weighted by Gasteiger charge is 2.28. The van der Waals surface area contributed by atoms with Gasteiger partial charge in [-0.15, -0.1) is 11.8 Å². The van der Waals surface area contributed by atoms with E-state index in [0.717, 1.165) is 37.2 Å². The Morgan fingerprint density at radius 3 is 2.83 bits per heavy atom. The summed E-state index contributed by atoms with van der Waals surface area (Å²) in [5, 5.41) is 0. The Balaban J connectivity index is 1.89. The number of benzene rings is 1. The van der Waals surface area contributed by atoms with Gasteiger partial charge < -0.3 is 4.90 Å². The van der Waals surface area contributed by atoms with Gasteiger partial charge in [0.05, 0.1) is 5.69 Å². The lowest BCUT2D eigenvalue weighted by molar-refractivity contribution is -0.122. The molecular formula is C15H17NOS. The van der Waals surface area contributed by atoms with E-state index in [1.54, 1.807) is 0 Å². The topological polar surface area (TPSA) is 20.3 Å². The minimum Gasteiger partial charge on any atom is -0.311 e. The molecule has 2 aliphatic rings. The maximum absolute atomic E-state index is 12.6. The van der Waals surface area contributed by atoms with Gasteiger partial charge in [0.25, 0.3) is 0 Å². The Bertz CT molecular complexity index is 475. The first-order valence-corrected chi connectivity index (χ1v) is 7.53. The predicted molar refractivity (Wildman–Crippen MR) is 76.0 cm³/mol. The molecule has 1 aliphatic heterocycles. The molecule has 0 radical (unpaired) electrons. The van der Waals surface area contributed by atoms with E-state index in [2.05, 4.69) is 30.4 Å². The summed E-state index contributed by atoms with van der Waals surface area (Å²) in [4.78, 5) is 15.8. The smallest absolute Gasteiger partial charge is 0.230 e. The lowest BCUT2D eigenvalue weighted by Crippen LogP contribution is -2.36. The van der Waals surface area contributed by atoms with Gasteiger partial charge in [-0.2, -0.15) is 0 Å². The number of fused-ring (bicyclic) bond motifs is 1. The molecule has 0 spiro atoms. The second kappa shape index (κ2) is 5.19. The van der Waals surface area contributed by atoms with E-state index in [0.29, 0.717) is 5.91 Å². The molecule has 1 aromatic rings. The summed E-state index contributed by atoms with van der Waals surface area (Å²) < 4.78 is 0. The third-order valence-electron chi connectivity index (χ3n) is 3.56. The Morgan fingerprint density at radius 1 is 1.22 bits per heavy atom. The lowest BCUT2D eigenvalue weighted by Gasteiger charge is -2.25. The molecule has 94 valence electrons. The van der Waals surface area contributed by atoms with E-state index in [4.69, 9.17) is 0 Å². The van der Waals surface area contributed by atoms with E-state index in [1.165, 1.54) is 4.90 Å². The van der Waals surface area contributed by atoms with Crippen molar-refractivity contribution in [3.05, 3.63) is 36.4 Å². The quantitative estimate of drug-likeness (QED) is 0.720. The SMILES string of the molecule is O=C(C1CC=CC1)N1CCCSc2ccccc21. The molecule has 2 nitrogen and oxygen atoms in total. The van der Waals surface area contributed by atoms with Crippen LogP contribution in [-0.2, 0) is 4.79 Å². The number of hydrogen-bond acceptors (Lipinski definition) is 2. The predicted octanol–water partition coefficient (Wildman–Crippen LogP) is 3.48. The zero-order valence-corrected chi connectivity index (χ0v) is 11.2. The van der Waals surface area contributed by atoms with Crippen LogP contribution in [0.2, 0.25) is 0 Å². The first-order valence-electron chi connectivity index (χ1n) is 6.54. The van der Waals surface area contributed by atoms with Crippen molar-refractivity contribution in [2.45, 2.75) is 24.2 Å². The first kappa shape index (κ1) is 11.8. The van der Waals surface area contributed by atoms with Crippen LogP contribution in [-0.4, -0.2) is 18.2 Å². The van der Waals surface area contributed by atoms with Crippen molar-refractivity contribution in [2.24, 2.45) is 5.92 Å². The third kappa shape index (κ3) is 2.19. The first-order chi connectivity index (χ1) is 8.86. The van der Waals surface area contributed by atoms with E-state index in [9.17, 15) is 4.79 Å². The van der Waals surface area contributed by atoms with Gasteiger partial charge in [-0.1, -0.05) is 24.3 Å². The van der Waals surface area contributed by atoms with Gasteiger partial charge in [0.15, 0.2) is 0 Å². The van der Waals surface area contributed by atoms with Crippen LogP contribution in [0.5, 0.6) is 0 Å². The lowest BCUT2D eigenvalue weighted by atomic mass is 10.1. The fourth-order valence-electron chi connectivity index (χ4n) is 2.60. The van der Waals surface area contributed by atoms with Gasteiger partial charge in [0.2, 0.25) is 5.91 Å². The van der Waals surface area contributed by atoms with Crippen LogP contribution < -0.4 is 4.90 Å². The molecule has 0 fully saturated rings. The molecule has 3 heteroatoms. The molecule has 0 bridgehead atoms. The molecular weight excluding hydrogens is 242 g/mol. The van der Waals surface area contributed by atoms with Gasteiger partial charge in [-0.25, -0.2) is 0 Å². The van der Waals surface area contributed by atoms with Crippen LogP contribution in [0, 0.1) is 5.92 Å². The molecule has 0 saturated carbocycles. The average molecular weight is 259 g/mol.